The molecule has 7 rings (SSSR count). The van der Waals surface area contributed by atoms with E-state index in [4.69, 9.17) is 28.4 Å². The van der Waals surface area contributed by atoms with E-state index in [0.29, 0.717) is 32.3 Å². The third-order valence-corrected chi connectivity index (χ3v) is 14.5. The van der Waals surface area contributed by atoms with Gasteiger partial charge in [0.1, 0.15) is 37.1 Å². The molecule has 49 heavy (non-hydrogen) atoms. The molecule has 3 aliphatic heterocycles. The van der Waals surface area contributed by atoms with Gasteiger partial charge < -0.3 is 59.1 Å². The van der Waals surface area contributed by atoms with Crippen molar-refractivity contribution in [2.75, 3.05) is 20.3 Å². The molecule has 2 saturated heterocycles. The number of fused-ring (bicyclic) bond motifs is 5. The van der Waals surface area contributed by atoms with Crippen molar-refractivity contribution in [1.29, 1.82) is 0 Å². The molecular weight excluding hydrogens is 640 g/mol. The smallest absolute Gasteiger partial charge is 0.331 e. The van der Waals surface area contributed by atoms with Crippen LogP contribution in [-0.4, -0.2) is 130 Å². The van der Waals surface area contributed by atoms with Gasteiger partial charge in [0, 0.05) is 31.4 Å². The highest BCUT2D eigenvalue weighted by atomic mass is 16.7. The fourth-order valence-corrected chi connectivity index (χ4v) is 11.5. The molecule has 13 nitrogen and oxygen atoms in total. The lowest BCUT2D eigenvalue weighted by atomic mass is 9.42. The van der Waals surface area contributed by atoms with E-state index in [9.17, 15) is 35.4 Å². The fraction of sp³-hybridized carbons (Fsp3) is 0.917. The van der Waals surface area contributed by atoms with Gasteiger partial charge in [-0.05, 0) is 87.0 Å². The summed E-state index contributed by atoms with van der Waals surface area (Å²) in [5.41, 5.74) is -1.52. The van der Waals surface area contributed by atoms with Crippen LogP contribution < -0.4 is 0 Å². The monoisotopic (exact) mass is 696 g/mol. The number of carbonyl (C=O) groups excluding carboxylic acids is 1. The molecule has 3 heterocycles. The third-order valence-electron chi connectivity index (χ3n) is 14.5. The van der Waals surface area contributed by atoms with Crippen molar-refractivity contribution in [3.8, 4) is 0 Å². The molecule has 0 aromatic heterocycles. The van der Waals surface area contributed by atoms with Gasteiger partial charge in [-0.3, -0.25) is 0 Å². The molecule has 4 saturated carbocycles. The molecule has 0 amide bonds. The van der Waals surface area contributed by atoms with Crippen LogP contribution in [-0.2, 0) is 33.2 Å². The SMILES string of the molecule is COC1C[C@@H](OC2CC[C@]3(C)[C@H]4CC[C@]5(C)C(C6=CC(=O)OC6)CC[C@@]5(O)[C@H]4CC[C@]3(O)C2)OC(C)C1O[C@H]1OC(CO)C(O)C(O)C1O. The lowest BCUT2D eigenvalue weighted by Gasteiger charge is -2.66. The number of methoxy groups -OCH3 is 1. The van der Waals surface area contributed by atoms with Gasteiger partial charge >= 0.3 is 5.97 Å². The molecule has 278 valence electrons. The number of ether oxygens (including phenoxy) is 6. The van der Waals surface area contributed by atoms with Crippen molar-refractivity contribution >= 4 is 5.97 Å². The summed E-state index contributed by atoms with van der Waals surface area (Å²) in [6.07, 6.45) is -1.10. The van der Waals surface area contributed by atoms with E-state index in [0.717, 1.165) is 44.1 Å². The minimum absolute atomic E-state index is 0.0724. The minimum Gasteiger partial charge on any atom is -0.458 e. The predicted molar refractivity (Wildman–Crippen MR) is 170 cm³/mol. The summed E-state index contributed by atoms with van der Waals surface area (Å²) in [6, 6.07) is 0. The van der Waals surface area contributed by atoms with Crippen molar-refractivity contribution < 1.29 is 63.9 Å². The molecule has 7 aliphatic rings. The van der Waals surface area contributed by atoms with Gasteiger partial charge in [0.25, 0.3) is 0 Å². The zero-order valence-corrected chi connectivity index (χ0v) is 29.1. The van der Waals surface area contributed by atoms with Crippen LogP contribution >= 0.6 is 0 Å². The average molecular weight is 697 g/mol. The Hall–Kier alpha value is -1.23. The van der Waals surface area contributed by atoms with Crippen molar-refractivity contribution in [2.45, 2.75) is 158 Å². The first-order valence-electron chi connectivity index (χ1n) is 18.3. The van der Waals surface area contributed by atoms with Crippen LogP contribution in [0.3, 0.4) is 0 Å². The van der Waals surface area contributed by atoms with Gasteiger partial charge in [-0.25, -0.2) is 4.79 Å². The Kier molecular flexibility index (Phi) is 9.60. The second-order valence-electron chi connectivity index (χ2n) is 16.6. The van der Waals surface area contributed by atoms with Crippen LogP contribution in [0.25, 0.3) is 0 Å². The fourth-order valence-electron chi connectivity index (χ4n) is 11.5. The molecule has 0 spiro atoms. The van der Waals surface area contributed by atoms with E-state index in [-0.39, 0.29) is 40.7 Å². The number of rotatable bonds is 7. The summed E-state index contributed by atoms with van der Waals surface area (Å²) >= 11 is 0. The van der Waals surface area contributed by atoms with Crippen molar-refractivity contribution in [1.82, 2.24) is 0 Å². The van der Waals surface area contributed by atoms with Crippen LogP contribution in [0.4, 0.5) is 0 Å². The van der Waals surface area contributed by atoms with Crippen LogP contribution in [0.1, 0.15) is 85.0 Å². The van der Waals surface area contributed by atoms with Crippen LogP contribution in [0.2, 0.25) is 0 Å². The number of carbonyl (C=O) groups is 1. The second-order valence-corrected chi connectivity index (χ2v) is 16.6. The standard InChI is InChI=1S/C36H56O13/c1-18-31(49-32-30(41)29(40)28(39)25(16-37)48-32)24(44-4)14-27(46-18)47-20-5-9-33(2)22-6-10-34(3)21(19-13-26(38)45-17-19)8-12-36(34,43)23(22)7-11-35(33,42)15-20/h13,18,20-25,27-32,37,39-43H,5-12,14-17H2,1-4H3/t18?,20?,21?,22-,23-,24?,25?,27+,28?,29?,30?,31?,32+,33+,34+,35-,36+/m0/s1. The predicted octanol–water partition coefficient (Wildman–Crippen LogP) is 1.08. The van der Waals surface area contributed by atoms with Gasteiger partial charge in [0.05, 0.1) is 36.1 Å². The maximum absolute atomic E-state index is 12.5. The van der Waals surface area contributed by atoms with Crippen LogP contribution in [0.5, 0.6) is 0 Å². The molecule has 4 aliphatic carbocycles. The van der Waals surface area contributed by atoms with Crippen molar-refractivity contribution in [3.63, 3.8) is 0 Å². The quantitative estimate of drug-likeness (QED) is 0.164. The zero-order valence-electron chi connectivity index (χ0n) is 29.1. The molecule has 0 bridgehead atoms. The summed E-state index contributed by atoms with van der Waals surface area (Å²) in [7, 11) is 1.55. The Bertz CT molecular complexity index is 1280. The number of aliphatic hydroxyl groups excluding tert-OH is 4. The Morgan fingerprint density at radius 1 is 0.898 bits per heavy atom. The molecule has 6 fully saturated rings. The first-order valence-corrected chi connectivity index (χ1v) is 18.3. The van der Waals surface area contributed by atoms with Gasteiger partial charge in [-0.1, -0.05) is 13.8 Å². The summed E-state index contributed by atoms with van der Waals surface area (Å²) < 4.78 is 35.4. The Balaban J connectivity index is 0.994. The van der Waals surface area contributed by atoms with Crippen molar-refractivity contribution in [3.05, 3.63) is 11.6 Å². The molecular formula is C36H56O13. The second kappa shape index (κ2) is 13.0. The summed E-state index contributed by atoms with van der Waals surface area (Å²) in [6.45, 7) is 5.98. The van der Waals surface area contributed by atoms with Gasteiger partial charge in [0.15, 0.2) is 12.6 Å². The molecule has 6 N–H and O–H groups in total. The van der Waals surface area contributed by atoms with Gasteiger partial charge in [0.2, 0.25) is 0 Å². The van der Waals surface area contributed by atoms with E-state index >= 15 is 0 Å². The average Bonchev–Trinajstić information content (AvgIpc) is 3.61. The van der Waals surface area contributed by atoms with Crippen molar-refractivity contribution in [2.24, 2.45) is 28.6 Å². The van der Waals surface area contributed by atoms with Gasteiger partial charge in [-0.15, -0.1) is 0 Å². The van der Waals surface area contributed by atoms with E-state index in [1.807, 2.05) is 0 Å². The third kappa shape index (κ3) is 5.65. The molecule has 17 atom stereocenters. The largest absolute Gasteiger partial charge is 0.458 e. The number of hydrogen-bond acceptors (Lipinski definition) is 13. The highest BCUT2D eigenvalue weighted by molar-refractivity contribution is 5.85. The maximum Gasteiger partial charge on any atom is 0.331 e. The molecule has 13 heteroatoms. The highest BCUT2D eigenvalue weighted by Crippen LogP contribution is 2.70. The molecule has 0 aromatic rings. The first-order chi connectivity index (χ1) is 23.2. The summed E-state index contributed by atoms with van der Waals surface area (Å²) in [5, 5.41) is 65.4. The minimum atomic E-state index is -1.56. The Morgan fingerprint density at radius 3 is 2.33 bits per heavy atom. The van der Waals surface area contributed by atoms with Gasteiger partial charge in [-0.2, -0.15) is 0 Å². The molecule has 0 radical (unpaired) electrons. The lowest BCUT2D eigenvalue weighted by molar-refractivity contribution is -0.347. The maximum atomic E-state index is 12.5. The topological polar surface area (TPSA) is 194 Å². The van der Waals surface area contributed by atoms with Crippen LogP contribution in [0, 0.1) is 28.6 Å². The number of aliphatic hydroxyl groups is 6. The van der Waals surface area contributed by atoms with E-state index in [1.165, 1.54) is 0 Å². The number of esters is 1. The Morgan fingerprint density at radius 2 is 1.63 bits per heavy atom. The van der Waals surface area contributed by atoms with Crippen LogP contribution in [0.15, 0.2) is 11.6 Å². The number of cyclic esters (lactones) is 1. The summed E-state index contributed by atoms with van der Waals surface area (Å²) in [5.74, 6) is 0.0783. The normalized spacial score (nSPS) is 54.4. The lowest BCUT2D eigenvalue weighted by Crippen LogP contribution is -2.67. The highest BCUT2D eigenvalue weighted by Gasteiger charge is 2.70. The van der Waals surface area contributed by atoms with E-state index < -0.39 is 73.1 Å². The Labute approximate surface area is 287 Å². The van der Waals surface area contributed by atoms with E-state index in [2.05, 4.69) is 13.8 Å². The first kappa shape index (κ1) is 36.1. The summed E-state index contributed by atoms with van der Waals surface area (Å²) in [4.78, 5) is 11.9. The van der Waals surface area contributed by atoms with E-state index in [1.54, 1.807) is 20.1 Å². The zero-order chi connectivity index (χ0) is 35.1. The molecule has 9 unspecified atom stereocenters. The molecule has 0 aromatic carbocycles. The number of hydrogen-bond donors (Lipinski definition) is 6.